The predicted octanol–water partition coefficient (Wildman–Crippen LogP) is 1.78. The van der Waals surface area contributed by atoms with E-state index in [1.807, 2.05) is 14.0 Å². The lowest BCUT2D eigenvalue weighted by Gasteiger charge is -2.26. The highest BCUT2D eigenvalue weighted by Gasteiger charge is 2.27. The van der Waals surface area contributed by atoms with E-state index >= 15 is 0 Å². The van der Waals surface area contributed by atoms with Gasteiger partial charge in [0.2, 0.25) is 0 Å². The van der Waals surface area contributed by atoms with Gasteiger partial charge >= 0.3 is 5.97 Å². The molecule has 1 aliphatic rings. The number of rotatable bonds is 4. The summed E-state index contributed by atoms with van der Waals surface area (Å²) in [6.45, 7) is 1.90. The number of aromatic nitrogens is 2. The first-order valence-electron chi connectivity index (χ1n) is 6.57. The zero-order valence-corrected chi connectivity index (χ0v) is 11.0. The Morgan fingerprint density at radius 2 is 2.17 bits per heavy atom. The van der Waals surface area contributed by atoms with Gasteiger partial charge in [-0.2, -0.15) is 5.10 Å². The Morgan fingerprint density at radius 3 is 2.67 bits per heavy atom. The van der Waals surface area contributed by atoms with Crippen molar-refractivity contribution >= 4 is 5.97 Å². The monoisotopic (exact) mass is 251 g/mol. The van der Waals surface area contributed by atoms with Gasteiger partial charge in [-0.15, -0.1) is 0 Å². The molecule has 0 spiro atoms. The van der Waals surface area contributed by atoms with E-state index in [0.29, 0.717) is 6.04 Å². The smallest absolute Gasteiger partial charge is 0.325 e. The predicted molar refractivity (Wildman–Crippen MR) is 68.3 cm³/mol. The van der Waals surface area contributed by atoms with Crippen molar-refractivity contribution < 1.29 is 9.90 Å². The van der Waals surface area contributed by atoms with Crippen molar-refractivity contribution in [2.45, 2.75) is 51.1 Å². The van der Waals surface area contributed by atoms with Crippen molar-refractivity contribution in [2.24, 2.45) is 7.05 Å². The van der Waals surface area contributed by atoms with Gasteiger partial charge in [-0.05, 0) is 19.8 Å². The molecule has 0 bridgehead atoms. The number of nitrogens with one attached hydrogen (secondary N) is 1. The van der Waals surface area contributed by atoms with Crippen molar-refractivity contribution in [3.63, 3.8) is 0 Å². The summed E-state index contributed by atoms with van der Waals surface area (Å²) in [6, 6.07) is -0.318. The molecule has 1 aromatic heterocycles. The second-order valence-electron chi connectivity index (χ2n) is 5.08. The molecule has 0 amide bonds. The molecule has 2 N–H and O–H groups in total. The van der Waals surface area contributed by atoms with Crippen molar-refractivity contribution in [1.82, 2.24) is 15.1 Å². The molecule has 1 aromatic rings. The third-order valence-corrected chi connectivity index (χ3v) is 3.84. The molecule has 0 saturated heterocycles. The summed E-state index contributed by atoms with van der Waals surface area (Å²) in [7, 11) is 1.83. The van der Waals surface area contributed by atoms with Gasteiger partial charge in [0.25, 0.3) is 0 Å². The van der Waals surface area contributed by atoms with Crippen LogP contribution >= 0.6 is 0 Å². The van der Waals surface area contributed by atoms with Crippen LogP contribution in [0, 0.1) is 6.92 Å². The molecule has 100 valence electrons. The summed E-state index contributed by atoms with van der Waals surface area (Å²) in [5.74, 6) is -0.823. The molecule has 5 nitrogen and oxygen atoms in total. The van der Waals surface area contributed by atoms with Crippen LogP contribution in [-0.2, 0) is 11.8 Å². The lowest BCUT2D eigenvalue weighted by atomic mass is 9.94. The van der Waals surface area contributed by atoms with Crippen LogP contribution < -0.4 is 5.32 Å². The third-order valence-electron chi connectivity index (χ3n) is 3.84. The Bertz CT molecular complexity index is 422. The Hall–Kier alpha value is -1.36. The van der Waals surface area contributed by atoms with E-state index in [2.05, 4.69) is 10.4 Å². The number of carboxylic acid groups (broad SMARTS) is 1. The number of aryl methyl sites for hydroxylation is 1. The van der Waals surface area contributed by atoms with Crippen LogP contribution in [0.2, 0.25) is 0 Å². The van der Waals surface area contributed by atoms with Gasteiger partial charge in [0, 0.05) is 24.3 Å². The van der Waals surface area contributed by atoms with Crippen molar-refractivity contribution in [3.8, 4) is 0 Å². The molecule has 5 heteroatoms. The largest absolute Gasteiger partial charge is 0.480 e. The Labute approximate surface area is 107 Å². The summed E-state index contributed by atoms with van der Waals surface area (Å²) in [6.07, 6.45) is 7.45. The average molecular weight is 251 g/mol. The molecule has 0 aromatic carbocycles. The third kappa shape index (κ3) is 2.72. The quantitative estimate of drug-likeness (QED) is 0.856. The number of aliphatic carboxylic acids is 1. The van der Waals surface area contributed by atoms with Crippen molar-refractivity contribution in [3.05, 3.63) is 17.5 Å². The van der Waals surface area contributed by atoms with E-state index in [0.717, 1.165) is 24.1 Å². The second kappa shape index (κ2) is 5.52. The zero-order chi connectivity index (χ0) is 13.1. The highest BCUT2D eigenvalue weighted by Crippen LogP contribution is 2.23. The summed E-state index contributed by atoms with van der Waals surface area (Å²) in [5.41, 5.74) is 1.68. The first kappa shape index (κ1) is 13.1. The first-order chi connectivity index (χ1) is 8.59. The Balaban J connectivity index is 2.13. The normalized spacial score (nSPS) is 18.8. The van der Waals surface area contributed by atoms with Gasteiger partial charge in [-0.25, -0.2) is 0 Å². The molecule has 2 rings (SSSR count). The van der Waals surface area contributed by atoms with Gasteiger partial charge in [-0.3, -0.25) is 14.8 Å². The first-order valence-corrected chi connectivity index (χ1v) is 6.57. The number of nitrogens with zero attached hydrogens (tertiary/aromatic N) is 2. The highest BCUT2D eigenvalue weighted by atomic mass is 16.4. The summed E-state index contributed by atoms with van der Waals surface area (Å²) >= 11 is 0. The van der Waals surface area contributed by atoms with Gasteiger partial charge in [0.15, 0.2) is 0 Å². The average Bonchev–Trinajstić information content (AvgIpc) is 2.68. The van der Waals surface area contributed by atoms with Crippen molar-refractivity contribution in [1.29, 1.82) is 0 Å². The van der Waals surface area contributed by atoms with E-state index in [-0.39, 0.29) is 0 Å². The Kier molecular flexibility index (Phi) is 4.01. The maximum absolute atomic E-state index is 11.4. The standard InChI is InChI=1S/C13H21N3O2/c1-9-11(8-14-16(9)2)12(13(17)18)15-10-6-4-3-5-7-10/h8,10,12,15H,3-7H2,1-2H3,(H,17,18). The van der Waals surface area contributed by atoms with Gasteiger partial charge < -0.3 is 5.11 Å². The van der Waals surface area contributed by atoms with Crippen LogP contribution in [0.5, 0.6) is 0 Å². The molecule has 1 aliphatic carbocycles. The molecule has 18 heavy (non-hydrogen) atoms. The lowest BCUT2D eigenvalue weighted by Crippen LogP contribution is -2.38. The van der Waals surface area contributed by atoms with E-state index in [9.17, 15) is 9.90 Å². The number of carboxylic acids is 1. The molecular weight excluding hydrogens is 230 g/mol. The molecule has 1 fully saturated rings. The number of hydrogen-bond donors (Lipinski definition) is 2. The second-order valence-corrected chi connectivity index (χ2v) is 5.08. The summed E-state index contributed by atoms with van der Waals surface area (Å²) < 4.78 is 1.72. The fourth-order valence-electron chi connectivity index (χ4n) is 2.60. The number of hydrogen-bond acceptors (Lipinski definition) is 3. The van der Waals surface area contributed by atoms with Gasteiger partial charge in [0.05, 0.1) is 6.20 Å². The zero-order valence-electron chi connectivity index (χ0n) is 11.0. The summed E-state index contributed by atoms with van der Waals surface area (Å²) in [4.78, 5) is 11.4. The number of carbonyl (C=O) groups is 1. The van der Waals surface area contributed by atoms with Crippen LogP contribution in [0.25, 0.3) is 0 Å². The van der Waals surface area contributed by atoms with Gasteiger partial charge in [0.1, 0.15) is 6.04 Å². The van der Waals surface area contributed by atoms with Crippen LogP contribution in [0.4, 0.5) is 0 Å². The molecule has 0 radical (unpaired) electrons. The minimum atomic E-state index is -0.823. The molecule has 1 unspecified atom stereocenters. The van der Waals surface area contributed by atoms with Crippen LogP contribution in [0.15, 0.2) is 6.20 Å². The lowest BCUT2D eigenvalue weighted by molar-refractivity contribution is -0.140. The molecular formula is C13H21N3O2. The van der Waals surface area contributed by atoms with Crippen LogP contribution in [0.1, 0.15) is 49.4 Å². The molecule has 1 heterocycles. The maximum Gasteiger partial charge on any atom is 0.325 e. The van der Waals surface area contributed by atoms with Crippen LogP contribution in [0.3, 0.4) is 0 Å². The van der Waals surface area contributed by atoms with Crippen molar-refractivity contribution in [2.75, 3.05) is 0 Å². The van der Waals surface area contributed by atoms with E-state index < -0.39 is 12.0 Å². The topological polar surface area (TPSA) is 67.2 Å². The minimum Gasteiger partial charge on any atom is -0.480 e. The minimum absolute atomic E-state index is 0.319. The van der Waals surface area contributed by atoms with Crippen LogP contribution in [-0.4, -0.2) is 26.9 Å². The fraction of sp³-hybridized carbons (Fsp3) is 0.692. The van der Waals surface area contributed by atoms with E-state index in [1.54, 1.807) is 10.9 Å². The summed E-state index contributed by atoms with van der Waals surface area (Å²) in [5, 5.41) is 16.8. The Morgan fingerprint density at radius 1 is 1.50 bits per heavy atom. The molecule has 1 atom stereocenters. The van der Waals surface area contributed by atoms with E-state index in [1.165, 1.54) is 19.3 Å². The highest BCUT2D eigenvalue weighted by molar-refractivity contribution is 5.75. The van der Waals surface area contributed by atoms with Gasteiger partial charge in [-0.1, -0.05) is 19.3 Å². The maximum atomic E-state index is 11.4. The SMILES string of the molecule is Cc1c(C(NC2CCCCC2)C(=O)O)cnn1C. The molecule has 0 aliphatic heterocycles. The fourth-order valence-corrected chi connectivity index (χ4v) is 2.60. The molecule has 1 saturated carbocycles. The van der Waals surface area contributed by atoms with E-state index in [4.69, 9.17) is 0 Å².